The number of hydrogen-bond donors (Lipinski definition) is 2. The maximum atomic E-state index is 12.3. The van der Waals surface area contributed by atoms with Crippen LogP contribution in [0.2, 0.25) is 0 Å². The second-order valence-electron chi connectivity index (χ2n) is 8.66. The molecule has 1 aromatic rings. The van der Waals surface area contributed by atoms with Gasteiger partial charge in [-0.3, -0.25) is 4.90 Å². The highest BCUT2D eigenvalue weighted by Crippen LogP contribution is 2.30. The van der Waals surface area contributed by atoms with E-state index in [1.54, 1.807) is 17.0 Å². The van der Waals surface area contributed by atoms with Gasteiger partial charge in [0.2, 0.25) is 0 Å². The van der Waals surface area contributed by atoms with E-state index in [0.29, 0.717) is 31.7 Å². The number of esters is 1. The molecule has 0 radical (unpaired) electrons. The van der Waals surface area contributed by atoms with Gasteiger partial charge >= 0.3 is 12.1 Å². The van der Waals surface area contributed by atoms with E-state index in [-0.39, 0.29) is 25.2 Å². The summed E-state index contributed by atoms with van der Waals surface area (Å²) in [6.45, 7) is 9.08. The Kier molecular flexibility index (Phi) is 6.16. The van der Waals surface area contributed by atoms with Crippen LogP contribution in [0.15, 0.2) is 12.1 Å². The summed E-state index contributed by atoms with van der Waals surface area (Å²) in [5.41, 5.74) is 2.40. The zero-order valence-corrected chi connectivity index (χ0v) is 17.5. The molecule has 2 atom stereocenters. The lowest BCUT2D eigenvalue weighted by atomic mass is 9.95. The van der Waals surface area contributed by atoms with Crippen LogP contribution >= 0.6 is 0 Å². The first kappa shape index (κ1) is 21.5. The second kappa shape index (κ2) is 8.30. The van der Waals surface area contributed by atoms with Gasteiger partial charge in [-0.1, -0.05) is 6.07 Å². The third-order valence-electron chi connectivity index (χ3n) is 5.44. The lowest BCUT2D eigenvalue weighted by Crippen LogP contribution is -2.57. The van der Waals surface area contributed by atoms with Crippen molar-refractivity contribution in [2.75, 3.05) is 32.8 Å². The number of rotatable bonds is 4. The lowest BCUT2D eigenvalue weighted by Gasteiger charge is -2.41. The van der Waals surface area contributed by atoms with Crippen LogP contribution in [-0.2, 0) is 16.1 Å². The lowest BCUT2D eigenvalue weighted by molar-refractivity contribution is -0.0148. The van der Waals surface area contributed by atoms with E-state index >= 15 is 0 Å². The smallest absolute Gasteiger partial charge is 0.410 e. The van der Waals surface area contributed by atoms with Gasteiger partial charge in [0, 0.05) is 31.7 Å². The van der Waals surface area contributed by atoms with Gasteiger partial charge in [-0.25, -0.2) is 9.59 Å². The Morgan fingerprint density at radius 2 is 2.07 bits per heavy atom. The molecule has 160 valence electrons. The predicted octanol–water partition coefficient (Wildman–Crippen LogP) is 1.61. The molecule has 29 heavy (non-hydrogen) atoms. The Hall–Kier alpha value is -2.16. The zero-order valence-electron chi connectivity index (χ0n) is 17.5. The number of β-amino-alcohol motifs (C(OH)–C–C–N with tert-alkyl or cyclic N) is 1. The van der Waals surface area contributed by atoms with E-state index in [2.05, 4.69) is 0 Å². The Bertz CT molecular complexity index is 788. The Morgan fingerprint density at radius 3 is 2.72 bits per heavy atom. The van der Waals surface area contributed by atoms with Crippen molar-refractivity contribution in [2.24, 2.45) is 0 Å². The minimum absolute atomic E-state index is 0.127. The number of fused-ring (bicyclic) bond motifs is 1. The zero-order chi connectivity index (χ0) is 21.3. The monoisotopic (exact) mass is 406 g/mol. The molecule has 8 heteroatoms. The summed E-state index contributed by atoms with van der Waals surface area (Å²) in [6.07, 6.45) is -1.17. The van der Waals surface area contributed by atoms with Crippen molar-refractivity contribution in [3.63, 3.8) is 0 Å². The molecule has 1 saturated heterocycles. The number of amides is 1. The molecular formula is C21H30N2O6. The van der Waals surface area contributed by atoms with Crippen molar-refractivity contribution in [3.05, 3.63) is 34.4 Å². The predicted molar refractivity (Wildman–Crippen MR) is 106 cm³/mol. The number of nitrogens with zero attached hydrogens (tertiary/aromatic N) is 2. The molecule has 0 bridgehead atoms. The van der Waals surface area contributed by atoms with Gasteiger partial charge in [0.15, 0.2) is 0 Å². The van der Waals surface area contributed by atoms with E-state index in [1.807, 2.05) is 32.6 Å². The summed E-state index contributed by atoms with van der Waals surface area (Å²) in [5.74, 6) is -0.331. The molecule has 0 saturated carbocycles. The highest BCUT2D eigenvalue weighted by molar-refractivity contribution is 5.93. The number of piperazine rings is 1. The summed E-state index contributed by atoms with van der Waals surface area (Å²) in [5, 5.41) is 20.7. The fourth-order valence-corrected chi connectivity index (χ4v) is 3.85. The van der Waals surface area contributed by atoms with Crippen LogP contribution in [0.3, 0.4) is 0 Å². The summed E-state index contributed by atoms with van der Waals surface area (Å²) >= 11 is 0. The summed E-state index contributed by atoms with van der Waals surface area (Å²) < 4.78 is 10.5. The first-order chi connectivity index (χ1) is 13.6. The average molecular weight is 406 g/mol. The molecule has 1 fully saturated rings. The quantitative estimate of drug-likeness (QED) is 0.733. The van der Waals surface area contributed by atoms with Crippen LogP contribution in [0.4, 0.5) is 4.79 Å². The van der Waals surface area contributed by atoms with Gasteiger partial charge in [-0.2, -0.15) is 0 Å². The summed E-state index contributed by atoms with van der Waals surface area (Å²) in [7, 11) is 0. The van der Waals surface area contributed by atoms with Gasteiger partial charge in [0.25, 0.3) is 0 Å². The van der Waals surface area contributed by atoms with Crippen LogP contribution in [0.5, 0.6) is 0 Å². The molecule has 2 unspecified atom stereocenters. The standard InChI is InChI=1S/C21H30N2O6/c1-13-15(5-6-16-17(13)12-28-19(16)26)18(25)10-22-7-8-23(9-14(22)11-24)20(27)29-21(2,3)4/h5-6,14,18,24-25H,7-12H2,1-4H3. The number of aliphatic hydroxyl groups is 2. The number of carbonyl (C=O) groups is 2. The minimum atomic E-state index is -0.780. The maximum Gasteiger partial charge on any atom is 0.410 e. The third kappa shape index (κ3) is 4.71. The van der Waals surface area contributed by atoms with E-state index in [1.165, 1.54) is 0 Å². The van der Waals surface area contributed by atoms with Crippen molar-refractivity contribution in [1.82, 2.24) is 9.80 Å². The number of aliphatic hydroxyl groups excluding tert-OH is 2. The van der Waals surface area contributed by atoms with Gasteiger partial charge in [-0.05, 0) is 44.9 Å². The Morgan fingerprint density at radius 1 is 1.34 bits per heavy atom. The van der Waals surface area contributed by atoms with E-state index in [4.69, 9.17) is 9.47 Å². The van der Waals surface area contributed by atoms with Crippen LogP contribution in [0.25, 0.3) is 0 Å². The van der Waals surface area contributed by atoms with E-state index < -0.39 is 17.8 Å². The minimum Gasteiger partial charge on any atom is -0.457 e. The fourth-order valence-electron chi connectivity index (χ4n) is 3.85. The molecule has 2 N–H and O–H groups in total. The first-order valence-corrected chi connectivity index (χ1v) is 9.91. The number of ether oxygens (including phenoxy) is 2. The molecule has 1 amide bonds. The van der Waals surface area contributed by atoms with Crippen molar-refractivity contribution in [3.8, 4) is 0 Å². The number of cyclic esters (lactones) is 1. The van der Waals surface area contributed by atoms with Crippen LogP contribution in [-0.4, -0.2) is 76.5 Å². The van der Waals surface area contributed by atoms with Gasteiger partial charge < -0.3 is 24.6 Å². The second-order valence-corrected chi connectivity index (χ2v) is 8.66. The van der Waals surface area contributed by atoms with Crippen LogP contribution in [0, 0.1) is 6.92 Å². The summed E-state index contributed by atoms with van der Waals surface area (Å²) in [4.78, 5) is 27.6. The molecule has 0 spiro atoms. The normalized spacial score (nSPS) is 21.0. The first-order valence-electron chi connectivity index (χ1n) is 9.91. The molecule has 0 aromatic heterocycles. The molecule has 8 nitrogen and oxygen atoms in total. The van der Waals surface area contributed by atoms with Gasteiger partial charge in [0.1, 0.15) is 12.2 Å². The van der Waals surface area contributed by atoms with Gasteiger partial charge in [-0.15, -0.1) is 0 Å². The van der Waals surface area contributed by atoms with Crippen LogP contribution < -0.4 is 0 Å². The molecule has 3 rings (SSSR count). The third-order valence-corrected chi connectivity index (χ3v) is 5.44. The number of benzene rings is 1. The molecule has 2 aliphatic rings. The Labute approximate surface area is 171 Å². The highest BCUT2D eigenvalue weighted by Gasteiger charge is 2.33. The largest absolute Gasteiger partial charge is 0.457 e. The van der Waals surface area contributed by atoms with E-state index in [9.17, 15) is 19.8 Å². The number of carbonyl (C=O) groups excluding carboxylic acids is 2. The van der Waals surface area contributed by atoms with Crippen molar-refractivity contribution in [1.29, 1.82) is 0 Å². The van der Waals surface area contributed by atoms with Gasteiger partial charge in [0.05, 0.1) is 24.3 Å². The SMILES string of the molecule is Cc1c(C(O)CN2CCN(C(=O)OC(C)(C)C)CC2CO)ccc2c1COC2=O. The Balaban J connectivity index is 1.66. The summed E-state index contributed by atoms with van der Waals surface area (Å²) in [6, 6.07) is 3.17. The van der Waals surface area contributed by atoms with Crippen molar-refractivity contribution < 1.29 is 29.3 Å². The molecule has 2 heterocycles. The molecular weight excluding hydrogens is 376 g/mol. The van der Waals surface area contributed by atoms with Crippen LogP contribution in [0.1, 0.15) is 53.9 Å². The number of hydrogen-bond acceptors (Lipinski definition) is 7. The fraction of sp³-hybridized carbons (Fsp3) is 0.619. The van der Waals surface area contributed by atoms with Crippen molar-refractivity contribution >= 4 is 12.1 Å². The van der Waals surface area contributed by atoms with Crippen molar-refractivity contribution in [2.45, 2.75) is 52.0 Å². The molecule has 2 aliphatic heterocycles. The topological polar surface area (TPSA) is 99.5 Å². The maximum absolute atomic E-state index is 12.3. The molecule has 0 aliphatic carbocycles. The molecule has 1 aromatic carbocycles. The van der Waals surface area contributed by atoms with E-state index in [0.717, 1.165) is 16.7 Å². The highest BCUT2D eigenvalue weighted by atomic mass is 16.6. The average Bonchev–Trinajstić information content (AvgIpc) is 3.02.